The maximum absolute atomic E-state index is 13.8. The van der Waals surface area contributed by atoms with Crippen molar-refractivity contribution in [3.05, 3.63) is 48.0 Å². The third-order valence-corrected chi connectivity index (χ3v) is 5.45. The fourth-order valence-electron chi connectivity index (χ4n) is 4.32. The summed E-state index contributed by atoms with van der Waals surface area (Å²) in [5, 5.41) is 4.19. The largest absolute Gasteiger partial charge is 0.373 e. The number of carbonyl (C=O) groups excluding carboxylic acids is 2. The van der Waals surface area contributed by atoms with E-state index in [2.05, 4.69) is 5.10 Å². The van der Waals surface area contributed by atoms with Crippen LogP contribution in [0.3, 0.4) is 0 Å². The Morgan fingerprint density at radius 3 is 2.48 bits per heavy atom. The lowest BCUT2D eigenvalue weighted by molar-refractivity contribution is -0.124. The second-order valence-electron chi connectivity index (χ2n) is 6.84. The van der Waals surface area contributed by atoms with E-state index in [0.717, 1.165) is 12.8 Å². The van der Waals surface area contributed by atoms with Crippen LogP contribution in [0.15, 0.2) is 36.7 Å². The van der Waals surface area contributed by atoms with Crippen LogP contribution in [0.2, 0.25) is 0 Å². The van der Waals surface area contributed by atoms with E-state index >= 15 is 0 Å². The summed E-state index contributed by atoms with van der Waals surface area (Å²) >= 11 is 0. The van der Waals surface area contributed by atoms with Gasteiger partial charge in [-0.2, -0.15) is 5.10 Å². The zero-order chi connectivity index (χ0) is 17.1. The number of benzene rings is 1. The van der Waals surface area contributed by atoms with Gasteiger partial charge in [-0.3, -0.25) is 14.3 Å². The van der Waals surface area contributed by atoms with Crippen LogP contribution >= 0.6 is 0 Å². The highest BCUT2D eigenvalue weighted by molar-refractivity contribution is 6.22. The molecule has 2 aromatic rings. The third-order valence-electron chi connectivity index (χ3n) is 5.45. The van der Waals surface area contributed by atoms with E-state index < -0.39 is 0 Å². The van der Waals surface area contributed by atoms with Crippen LogP contribution in [-0.4, -0.2) is 33.8 Å². The molecule has 128 valence electrons. The van der Waals surface area contributed by atoms with E-state index in [1.54, 1.807) is 24.4 Å². The lowest BCUT2D eigenvalue weighted by Crippen LogP contribution is -2.34. The first-order valence-corrected chi connectivity index (χ1v) is 8.42. The van der Waals surface area contributed by atoms with Crippen molar-refractivity contribution in [1.29, 1.82) is 0 Å². The van der Waals surface area contributed by atoms with Crippen LogP contribution in [0.5, 0.6) is 0 Å². The molecule has 4 atom stereocenters. The molecule has 0 N–H and O–H groups in total. The predicted molar refractivity (Wildman–Crippen MR) is 85.1 cm³/mol. The quantitative estimate of drug-likeness (QED) is 0.798. The molecule has 2 amide bonds. The van der Waals surface area contributed by atoms with E-state index in [1.165, 1.54) is 21.8 Å². The monoisotopic (exact) mass is 341 g/mol. The second-order valence-corrected chi connectivity index (χ2v) is 6.84. The van der Waals surface area contributed by atoms with E-state index in [-0.39, 0.29) is 48.2 Å². The summed E-state index contributed by atoms with van der Waals surface area (Å²) in [5.74, 6) is -1.43. The van der Waals surface area contributed by atoms with Crippen LogP contribution in [0.1, 0.15) is 18.4 Å². The van der Waals surface area contributed by atoms with Crippen molar-refractivity contribution in [2.24, 2.45) is 11.8 Å². The van der Waals surface area contributed by atoms with E-state index in [1.807, 2.05) is 0 Å². The van der Waals surface area contributed by atoms with Crippen LogP contribution < -0.4 is 4.90 Å². The average Bonchev–Trinajstić information content (AvgIpc) is 3.35. The molecule has 4 heterocycles. The van der Waals surface area contributed by atoms with Crippen molar-refractivity contribution in [3.63, 3.8) is 0 Å². The van der Waals surface area contributed by atoms with Gasteiger partial charge in [-0.15, -0.1) is 0 Å². The summed E-state index contributed by atoms with van der Waals surface area (Å²) in [6.45, 7) is 0.240. The Bertz CT molecular complexity index is 852. The van der Waals surface area contributed by atoms with Crippen LogP contribution in [0, 0.1) is 17.7 Å². The smallest absolute Gasteiger partial charge is 0.240 e. The van der Waals surface area contributed by atoms with Crippen molar-refractivity contribution in [1.82, 2.24) is 9.78 Å². The Morgan fingerprint density at radius 2 is 1.80 bits per heavy atom. The highest BCUT2D eigenvalue weighted by Gasteiger charge is 2.62. The molecule has 5 rings (SSSR count). The van der Waals surface area contributed by atoms with Crippen molar-refractivity contribution in [3.8, 4) is 0 Å². The average molecular weight is 341 g/mol. The van der Waals surface area contributed by atoms with Gasteiger partial charge in [-0.25, -0.2) is 9.29 Å². The highest BCUT2D eigenvalue weighted by atomic mass is 19.1. The molecule has 0 radical (unpaired) electrons. The molecule has 1 aromatic heterocycles. The molecular formula is C18H16FN3O3. The van der Waals surface area contributed by atoms with Gasteiger partial charge in [0.25, 0.3) is 0 Å². The van der Waals surface area contributed by atoms with Gasteiger partial charge in [0.15, 0.2) is 0 Å². The number of hydrogen-bond donors (Lipinski definition) is 0. The molecule has 0 saturated carbocycles. The number of nitrogens with zero attached hydrogens (tertiary/aromatic N) is 3. The van der Waals surface area contributed by atoms with E-state index in [4.69, 9.17) is 4.74 Å². The number of anilines is 1. The summed E-state index contributed by atoms with van der Waals surface area (Å²) in [6.07, 6.45) is 4.51. The predicted octanol–water partition coefficient (Wildman–Crippen LogP) is 1.74. The summed E-state index contributed by atoms with van der Waals surface area (Å²) in [6, 6.07) is 6.46. The number of halogens is 1. The molecule has 0 spiro atoms. The molecule has 3 fully saturated rings. The Kier molecular flexibility index (Phi) is 3.09. The lowest BCUT2D eigenvalue weighted by atomic mass is 9.81. The molecule has 3 aliphatic rings. The van der Waals surface area contributed by atoms with Crippen molar-refractivity contribution in [2.75, 3.05) is 4.90 Å². The summed E-state index contributed by atoms with van der Waals surface area (Å²) in [5.41, 5.74) is 0.944. The molecule has 3 saturated heterocycles. The Balaban J connectivity index is 1.41. The number of imide groups is 1. The van der Waals surface area contributed by atoms with Gasteiger partial charge >= 0.3 is 0 Å². The first kappa shape index (κ1) is 14.8. The minimum absolute atomic E-state index is 0.134. The van der Waals surface area contributed by atoms with E-state index in [9.17, 15) is 14.0 Å². The Labute approximate surface area is 143 Å². The number of ether oxygens (including phenoxy) is 1. The minimum atomic E-state index is -0.360. The molecule has 0 aliphatic carbocycles. The van der Waals surface area contributed by atoms with Crippen molar-refractivity contribution >= 4 is 17.5 Å². The maximum Gasteiger partial charge on any atom is 0.240 e. The minimum Gasteiger partial charge on any atom is -0.373 e. The zero-order valence-electron chi connectivity index (χ0n) is 13.3. The fraction of sp³-hybridized carbons (Fsp3) is 0.389. The third kappa shape index (κ3) is 2.08. The van der Waals surface area contributed by atoms with E-state index in [0.29, 0.717) is 11.3 Å². The number of rotatable bonds is 3. The molecule has 25 heavy (non-hydrogen) atoms. The second kappa shape index (κ2) is 5.23. The topological polar surface area (TPSA) is 64.4 Å². The Hall–Kier alpha value is -2.54. The summed E-state index contributed by atoms with van der Waals surface area (Å²) in [7, 11) is 0. The normalized spacial score (nSPS) is 30.4. The van der Waals surface area contributed by atoms with Crippen molar-refractivity contribution in [2.45, 2.75) is 31.6 Å². The molecule has 2 bridgehead atoms. The number of carbonyl (C=O) groups is 2. The highest BCUT2D eigenvalue weighted by Crippen LogP contribution is 2.49. The number of fused-ring (bicyclic) bond motifs is 5. The van der Waals surface area contributed by atoms with Gasteiger partial charge < -0.3 is 4.74 Å². The summed E-state index contributed by atoms with van der Waals surface area (Å²) in [4.78, 5) is 26.7. The number of aromatic nitrogens is 2. The Morgan fingerprint density at radius 1 is 1.12 bits per heavy atom. The molecule has 1 aromatic carbocycles. The van der Waals surface area contributed by atoms with Crippen molar-refractivity contribution < 1.29 is 18.7 Å². The molecule has 7 heteroatoms. The van der Waals surface area contributed by atoms with Gasteiger partial charge in [0.1, 0.15) is 5.82 Å². The number of amides is 2. The maximum atomic E-state index is 13.8. The van der Waals surface area contributed by atoms with Gasteiger partial charge in [-0.1, -0.05) is 18.2 Å². The first-order valence-electron chi connectivity index (χ1n) is 8.42. The number of hydrogen-bond acceptors (Lipinski definition) is 4. The lowest BCUT2D eigenvalue weighted by Gasteiger charge is -2.15. The van der Waals surface area contributed by atoms with Crippen LogP contribution in [0.4, 0.5) is 10.1 Å². The van der Waals surface area contributed by atoms with Gasteiger partial charge in [0.05, 0.1) is 42.5 Å². The van der Waals surface area contributed by atoms with Crippen LogP contribution in [-0.2, 0) is 20.9 Å². The molecule has 6 nitrogen and oxygen atoms in total. The fourth-order valence-corrected chi connectivity index (χ4v) is 4.32. The molecule has 0 unspecified atom stereocenters. The van der Waals surface area contributed by atoms with Gasteiger partial charge in [0, 0.05) is 11.8 Å². The summed E-state index contributed by atoms with van der Waals surface area (Å²) < 4.78 is 21.0. The van der Waals surface area contributed by atoms with Crippen LogP contribution in [0.25, 0.3) is 0 Å². The zero-order valence-corrected chi connectivity index (χ0v) is 13.3. The molecule has 3 aliphatic heterocycles. The van der Waals surface area contributed by atoms with Gasteiger partial charge in [0.2, 0.25) is 11.8 Å². The first-order chi connectivity index (χ1) is 12.1. The standard InChI is InChI=1S/C18H16FN3O3/c19-12-4-2-1-3-10(12)8-21-9-11(7-20-21)22-17(23)15-13-5-6-14(25-13)16(15)18(22)24/h1-4,7,9,13-16H,5-6,8H2/t13-,14+,15-,16+. The SMILES string of the molecule is O=C1[C@@H]2[C@H](C(=O)N1c1cnn(Cc3ccccc3F)c1)[C@H]1CC[C@@H]2O1. The van der Waals surface area contributed by atoms with Gasteiger partial charge in [-0.05, 0) is 18.9 Å². The molecular weight excluding hydrogens is 325 g/mol.